The fourth-order valence-electron chi connectivity index (χ4n) is 1.02. The van der Waals surface area contributed by atoms with Gasteiger partial charge in [0.1, 0.15) is 11.2 Å². The molecule has 1 aromatic heterocycles. The van der Waals surface area contributed by atoms with E-state index in [0.717, 1.165) is 0 Å². The number of aromatic nitrogens is 2. The zero-order valence-corrected chi connectivity index (χ0v) is 6.30. The molecule has 2 rings (SSSR count). The molecule has 7 nitrogen and oxygen atoms in total. The van der Waals surface area contributed by atoms with Gasteiger partial charge in [0.05, 0.1) is 4.92 Å². The number of hydrogen-bond donors (Lipinski definition) is 1. The van der Waals surface area contributed by atoms with Gasteiger partial charge in [0.2, 0.25) is 0 Å². The SMILES string of the molecule is Nc1c([N+](=O)[O-])ccc2nonc12. The van der Waals surface area contributed by atoms with Gasteiger partial charge in [-0.05, 0) is 16.4 Å². The number of hydrogen-bond acceptors (Lipinski definition) is 6. The van der Waals surface area contributed by atoms with Crippen molar-refractivity contribution in [1.29, 1.82) is 0 Å². The molecule has 0 atom stereocenters. The summed E-state index contributed by atoms with van der Waals surface area (Å²) in [5, 5.41) is 17.4. The van der Waals surface area contributed by atoms with E-state index in [4.69, 9.17) is 5.73 Å². The molecule has 0 radical (unpaired) electrons. The highest BCUT2D eigenvalue weighted by Crippen LogP contribution is 2.27. The number of nitrogen functional groups attached to an aromatic ring is 1. The van der Waals surface area contributed by atoms with E-state index in [0.29, 0.717) is 5.52 Å². The van der Waals surface area contributed by atoms with Gasteiger partial charge in [-0.1, -0.05) is 0 Å². The largest absolute Gasteiger partial charge is 0.391 e. The van der Waals surface area contributed by atoms with E-state index < -0.39 is 4.92 Å². The van der Waals surface area contributed by atoms with Gasteiger partial charge in [0.15, 0.2) is 5.52 Å². The summed E-state index contributed by atoms with van der Waals surface area (Å²) >= 11 is 0. The summed E-state index contributed by atoms with van der Waals surface area (Å²) in [6, 6.07) is 2.70. The third kappa shape index (κ3) is 0.975. The molecule has 66 valence electrons. The van der Waals surface area contributed by atoms with Crippen molar-refractivity contribution < 1.29 is 9.55 Å². The normalized spacial score (nSPS) is 10.5. The van der Waals surface area contributed by atoms with Crippen molar-refractivity contribution in [2.45, 2.75) is 0 Å². The molecule has 0 fully saturated rings. The number of fused-ring (bicyclic) bond motifs is 1. The number of anilines is 1. The van der Waals surface area contributed by atoms with Gasteiger partial charge in [0.25, 0.3) is 5.69 Å². The molecule has 0 amide bonds. The van der Waals surface area contributed by atoms with Crippen molar-refractivity contribution in [2.75, 3.05) is 5.73 Å². The molecule has 1 aromatic carbocycles. The van der Waals surface area contributed by atoms with Crippen molar-refractivity contribution in [1.82, 2.24) is 10.3 Å². The highest BCUT2D eigenvalue weighted by molar-refractivity contribution is 5.91. The summed E-state index contributed by atoms with van der Waals surface area (Å²) in [4.78, 5) is 9.85. The van der Waals surface area contributed by atoms with Crippen LogP contribution < -0.4 is 5.73 Å². The van der Waals surface area contributed by atoms with Crippen molar-refractivity contribution in [3.63, 3.8) is 0 Å². The van der Waals surface area contributed by atoms with Crippen LogP contribution >= 0.6 is 0 Å². The first-order valence-electron chi connectivity index (χ1n) is 3.35. The molecule has 0 unspecified atom stereocenters. The first-order chi connectivity index (χ1) is 6.20. The van der Waals surface area contributed by atoms with Crippen molar-refractivity contribution in [3.05, 3.63) is 22.2 Å². The first kappa shape index (κ1) is 7.47. The summed E-state index contributed by atoms with van der Waals surface area (Å²) in [5.41, 5.74) is 5.87. The maximum Gasteiger partial charge on any atom is 0.294 e. The fraction of sp³-hybridized carbons (Fsp3) is 0. The van der Waals surface area contributed by atoms with Crippen LogP contribution in [0.3, 0.4) is 0 Å². The molecule has 13 heavy (non-hydrogen) atoms. The van der Waals surface area contributed by atoms with Gasteiger partial charge in [0, 0.05) is 6.07 Å². The molecule has 0 aliphatic heterocycles. The van der Waals surface area contributed by atoms with E-state index >= 15 is 0 Å². The van der Waals surface area contributed by atoms with Crippen LogP contribution in [-0.2, 0) is 0 Å². The standard InChI is InChI=1S/C6H4N4O3/c7-5-4(10(11)12)2-1-3-6(5)9-13-8-3/h1-2H,7H2. The van der Waals surface area contributed by atoms with Crippen LogP contribution in [-0.4, -0.2) is 15.2 Å². The highest BCUT2D eigenvalue weighted by atomic mass is 16.6. The Morgan fingerprint density at radius 2 is 2.23 bits per heavy atom. The minimum absolute atomic E-state index is 0.0243. The summed E-state index contributed by atoms with van der Waals surface area (Å²) in [5.74, 6) is 0. The van der Waals surface area contributed by atoms with E-state index in [2.05, 4.69) is 14.9 Å². The zero-order valence-electron chi connectivity index (χ0n) is 6.30. The average Bonchev–Trinajstić information content (AvgIpc) is 2.52. The molecule has 2 aromatic rings. The number of rotatable bonds is 1. The van der Waals surface area contributed by atoms with E-state index in [9.17, 15) is 10.1 Å². The molecule has 0 aliphatic carbocycles. The lowest BCUT2D eigenvalue weighted by atomic mass is 10.2. The van der Waals surface area contributed by atoms with Crippen molar-refractivity contribution >= 4 is 22.4 Å². The second-order valence-electron chi connectivity index (χ2n) is 2.39. The topological polar surface area (TPSA) is 108 Å². The van der Waals surface area contributed by atoms with Crippen LogP contribution in [0.5, 0.6) is 0 Å². The molecular weight excluding hydrogens is 176 g/mol. The third-order valence-corrected chi connectivity index (χ3v) is 1.64. The molecule has 2 N–H and O–H groups in total. The summed E-state index contributed by atoms with van der Waals surface area (Å²) < 4.78 is 4.38. The molecule has 0 saturated heterocycles. The number of nitro groups is 1. The minimum Gasteiger partial charge on any atom is -0.391 e. The minimum atomic E-state index is -0.580. The lowest BCUT2D eigenvalue weighted by Gasteiger charge is -1.94. The first-order valence-corrected chi connectivity index (χ1v) is 3.35. The van der Waals surface area contributed by atoms with Crippen molar-refractivity contribution in [3.8, 4) is 0 Å². The van der Waals surface area contributed by atoms with Gasteiger partial charge in [-0.15, -0.1) is 0 Å². The van der Waals surface area contributed by atoms with Crippen LogP contribution in [0.25, 0.3) is 11.0 Å². The number of nitrogens with two attached hydrogens (primary N) is 1. The lowest BCUT2D eigenvalue weighted by Crippen LogP contribution is -1.95. The fourth-order valence-corrected chi connectivity index (χ4v) is 1.02. The maximum atomic E-state index is 10.4. The molecule has 7 heteroatoms. The quantitative estimate of drug-likeness (QED) is 0.393. The van der Waals surface area contributed by atoms with Crippen LogP contribution in [0.2, 0.25) is 0 Å². The molecule has 0 bridgehead atoms. The number of nitrogens with zero attached hydrogens (tertiary/aromatic N) is 3. The Labute approximate surface area is 71.2 Å². The van der Waals surface area contributed by atoms with Crippen molar-refractivity contribution in [2.24, 2.45) is 0 Å². The Bertz CT molecular complexity index is 478. The molecule has 0 spiro atoms. The Morgan fingerprint density at radius 1 is 1.46 bits per heavy atom. The summed E-state index contributed by atoms with van der Waals surface area (Å²) in [7, 11) is 0. The molecule has 1 heterocycles. The molecule has 0 saturated carbocycles. The monoisotopic (exact) mass is 180 g/mol. The number of benzene rings is 1. The maximum absolute atomic E-state index is 10.4. The summed E-state index contributed by atoms with van der Waals surface area (Å²) in [6.07, 6.45) is 0. The second-order valence-corrected chi connectivity index (χ2v) is 2.39. The predicted octanol–water partition coefficient (Wildman–Crippen LogP) is 0.713. The number of nitro benzene ring substituents is 1. The van der Waals surface area contributed by atoms with Gasteiger partial charge in [-0.3, -0.25) is 10.1 Å². The molecular formula is C6H4N4O3. The van der Waals surface area contributed by atoms with Crippen LogP contribution in [0.1, 0.15) is 0 Å². The second kappa shape index (κ2) is 2.41. The average molecular weight is 180 g/mol. The van der Waals surface area contributed by atoms with E-state index in [1.807, 2.05) is 0 Å². The Morgan fingerprint density at radius 3 is 2.92 bits per heavy atom. The van der Waals surface area contributed by atoms with Gasteiger partial charge in [-0.2, -0.15) is 0 Å². The van der Waals surface area contributed by atoms with Crippen LogP contribution in [0, 0.1) is 10.1 Å². The Kier molecular flexibility index (Phi) is 1.38. The summed E-state index contributed by atoms with van der Waals surface area (Å²) in [6.45, 7) is 0. The Balaban J connectivity index is 2.80. The van der Waals surface area contributed by atoms with E-state index in [1.54, 1.807) is 0 Å². The highest BCUT2D eigenvalue weighted by Gasteiger charge is 2.16. The van der Waals surface area contributed by atoms with E-state index in [-0.39, 0.29) is 16.9 Å². The van der Waals surface area contributed by atoms with E-state index in [1.165, 1.54) is 12.1 Å². The van der Waals surface area contributed by atoms with Crippen LogP contribution in [0.4, 0.5) is 11.4 Å². The third-order valence-electron chi connectivity index (χ3n) is 1.64. The smallest absolute Gasteiger partial charge is 0.294 e. The van der Waals surface area contributed by atoms with Gasteiger partial charge < -0.3 is 5.73 Å². The Hall–Kier alpha value is -2.18. The molecule has 0 aliphatic rings. The van der Waals surface area contributed by atoms with Gasteiger partial charge >= 0.3 is 0 Å². The predicted molar refractivity (Wildman–Crippen MR) is 42.9 cm³/mol. The zero-order chi connectivity index (χ0) is 9.42. The lowest BCUT2D eigenvalue weighted by molar-refractivity contribution is -0.383. The van der Waals surface area contributed by atoms with Gasteiger partial charge in [-0.25, -0.2) is 4.63 Å². The van der Waals surface area contributed by atoms with Crippen LogP contribution in [0.15, 0.2) is 16.8 Å².